The van der Waals surface area contributed by atoms with Crippen LogP contribution in [0.5, 0.6) is 0 Å². The van der Waals surface area contributed by atoms with E-state index in [1.807, 2.05) is 0 Å². The Kier molecular flexibility index (Phi) is 10.9. The molecule has 0 unspecified atom stereocenters. The molecule has 13 rings (SSSR count). The number of hydrogen-bond donors (Lipinski definition) is 0. The lowest BCUT2D eigenvalue weighted by Crippen LogP contribution is -2.61. The summed E-state index contributed by atoms with van der Waals surface area (Å²) < 4.78 is 1.52. The van der Waals surface area contributed by atoms with Crippen molar-refractivity contribution in [1.82, 2.24) is 0 Å². The molecule has 0 saturated heterocycles. The Labute approximate surface area is 467 Å². The minimum Gasteiger partial charge on any atom is -0.311 e. The first kappa shape index (κ1) is 51.0. The number of hydrogen-bond acceptors (Lipinski definition) is 4. The van der Waals surface area contributed by atoms with Crippen LogP contribution in [-0.4, -0.2) is 6.71 Å². The largest absolute Gasteiger partial charge is 0.311 e. The van der Waals surface area contributed by atoms with Crippen LogP contribution in [0.4, 0.5) is 51.2 Å². The van der Waals surface area contributed by atoms with Gasteiger partial charge in [-0.05, 0) is 211 Å². The highest BCUT2D eigenvalue weighted by Gasteiger charge is 2.53. The highest BCUT2D eigenvalue weighted by atomic mass is 32.1. The molecular weight excluding hydrogens is 950 g/mol. The van der Waals surface area contributed by atoms with Crippen LogP contribution in [-0.2, 0) is 43.3 Å². The summed E-state index contributed by atoms with van der Waals surface area (Å²) in [5.41, 5.74) is 25.2. The average Bonchev–Trinajstić information content (AvgIpc) is 3.88. The van der Waals surface area contributed by atoms with E-state index in [1.54, 1.807) is 10.4 Å². The zero-order valence-corrected chi connectivity index (χ0v) is 50.3. The molecule has 0 radical (unpaired) electrons. The summed E-state index contributed by atoms with van der Waals surface area (Å²) in [6.07, 6.45) is 9.40. The second kappa shape index (κ2) is 16.5. The first-order valence-electron chi connectivity index (χ1n) is 29.5. The first-order chi connectivity index (χ1) is 36.1. The summed E-state index contributed by atoms with van der Waals surface area (Å²) >= 11 is 2.16. The van der Waals surface area contributed by atoms with Crippen molar-refractivity contribution in [3.8, 4) is 0 Å². The molecule has 6 aromatic carbocycles. The van der Waals surface area contributed by atoms with Crippen molar-refractivity contribution in [3.63, 3.8) is 0 Å². The van der Waals surface area contributed by atoms with Crippen molar-refractivity contribution in [2.45, 2.75) is 205 Å². The van der Waals surface area contributed by atoms with E-state index >= 15 is 0 Å². The lowest BCUT2D eigenvalue weighted by atomic mass is 9.35. The van der Waals surface area contributed by atoms with E-state index in [9.17, 15) is 0 Å². The molecule has 4 aliphatic carbocycles. The van der Waals surface area contributed by atoms with Crippen molar-refractivity contribution in [3.05, 3.63) is 165 Å². The van der Waals surface area contributed by atoms with Crippen LogP contribution in [0.15, 0.2) is 121 Å². The van der Waals surface area contributed by atoms with E-state index in [2.05, 4.69) is 258 Å². The minimum absolute atomic E-state index is 0.0253. The first-order valence-corrected chi connectivity index (χ1v) is 30.3. The van der Waals surface area contributed by atoms with E-state index in [0.29, 0.717) is 0 Å². The third kappa shape index (κ3) is 7.61. The highest BCUT2D eigenvalue weighted by Crippen LogP contribution is 2.59. The van der Waals surface area contributed by atoms with Gasteiger partial charge in [0.25, 0.3) is 6.71 Å². The zero-order chi connectivity index (χ0) is 54.4. The topological polar surface area (TPSA) is 9.72 Å². The maximum absolute atomic E-state index is 2.83. The number of nitrogens with zero attached hydrogens (tertiary/aromatic N) is 3. The van der Waals surface area contributed by atoms with Gasteiger partial charge in [0.2, 0.25) is 0 Å². The lowest BCUT2D eigenvalue weighted by molar-refractivity contribution is 0.332. The van der Waals surface area contributed by atoms with Crippen molar-refractivity contribution in [2.24, 2.45) is 0 Å². The van der Waals surface area contributed by atoms with Gasteiger partial charge in [0.05, 0.1) is 11.4 Å². The zero-order valence-electron chi connectivity index (χ0n) is 49.5. The molecule has 0 amide bonds. The standard InChI is InChI=1S/C72H84BN3S/c1-65(2)31-33-67(5,6)52-39-47(27-29-50(52)65)75-57-44-55-54(69(9,10)35-36-70(55,11)12)43-56(57)73-61-58(75)41-49(74(45-23-19-17-20-24-45)46-25-21-18-22-26-46)42-59(61)76(48-28-30-51-53(40-48)68(7,8)34-32-66(51,3)4)62-60-63(77-64(62)73)72(15,16)38-37-71(60,13)14/h17-30,39-44H,31-38H2,1-16H3. The van der Waals surface area contributed by atoms with E-state index in [4.69, 9.17) is 0 Å². The molecule has 77 heavy (non-hydrogen) atoms. The van der Waals surface area contributed by atoms with Gasteiger partial charge in [-0.3, -0.25) is 0 Å². The Morgan fingerprint density at radius 2 is 0.779 bits per heavy atom. The highest BCUT2D eigenvalue weighted by molar-refractivity contribution is 7.29. The van der Waals surface area contributed by atoms with Gasteiger partial charge in [-0.2, -0.15) is 11.3 Å². The average molecular weight is 1030 g/mol. The van der Waals surface area contributed by atoms with Crippen molar-refractivity contribution in [1.29, 1.82) is 0 Å². The predicted molar refractivity (Wildman–Crippen MR) is 334 cm³/mol. The molecule has 2 aliphatic heterocycles. The second-order valence-corrected chi connectivity index (χ2v) is 31.1. The van der Waals surface area contributed by atoms with E-state index in [1.165, 1.54) is 134 Å². The monoisotopic (exact) mass is 1030 g/mol. The Hall–Kier alpha value is -5.52. The van der Waals surface area contributed by atoms with Gasteiger partial charge in [-0.1, -0.05) is 165 Å². The van der Waals surface area contributed by atoms with Gasteiger partial charge in [0, 0.05) is 49.5 Å². The molecule has 0 N–H and O–H groups in total. The summed E-state index contributed by atoms with van der Waals surface area (Å²) in [6, 6.07) is 48.3. The minimum atomic E-state index is -0.0319. The third-order valence-electron chi connectivity index (χ3n) is 21.0. The molecule has 0 saturated carbocycles. The summed E-state index contributed by atoms with van der Waals surface area (Å²) in [5.74, 6) is 0. The maximum atomic E-state index is 2.83. The van der Waals surface area contributed by atoms with Crippen LogP contribution < -0.4 is 30.4 Å². The van der Waals surface area contributed by atoms with Gasteiger partial charge in [0.15, 0.2) is 0 Å². The Morgan fingerprint density at radius 3 is 1.27 bits per heavy atom. The second-order valence-electron chi connectivity index (χ2n) is 30.0. The van der Waals surface area contributed by atoms with Gasteiger partial charge in [-0.25, -0.2) is 0 Å². The molecule has 7 aromatic rings. The summed E-state index contributed by atoms with van der Waals surface area (Å²) in [4.78, 5) is 9.70. The number of fused-ring (bicyclic) bond motifs is 9. The molecule has 5 heteroatoms. The quantitative estimate of drug-likeness (QED) is 0.159. The number of thiophene rings is 1. The van der Waals surface area contributed by atoms with Gasteiger partial charge < -0.3 is 14.7 Å². The SMILES string of the molecule is CC1(C)CCC(C)(C)c2cc(N3c4cc5c(cc4B4c6sc7c(c6N(c6ccc8c(c6)C(C)(C)CCC8(C)C)c6cc(N(c8ccccc8)c8ccccc8)cc3c64)C(C)(C)CCC7(C)C)C(C)(C)CCC5(C)C)ccc21. The number of benzene rings is 6. The Bertz CT molecular complexity index is 3530. The molecule has 0 atom stereocenters. The molecular formula is C72H84BN3S. The molecule has 0 fully saturated rings. The fourth-order valence-electron chi connectivity index (χ4n) is 15.5. The van der Waals surface area contributed by atoms with Gasteiger partial charge in [-0.15, -0.1) is 0 Å². The molecule has 3 nitrogen and oxygen atoms in total. The molecule has 0 bridgehead atoms. The summed E-state index contributed by atoms with van der Waals surface area (Å²) in [7, 11) is 0. The fourth-order valence-corrected chi connectivity index (χ4v) is 17.3. The molecule has 1 aromatic heterocycles. The van der Waals surface area contributed by atoms with Crippen molar-refractivity contribution in [2.75, 3.05) is 14.7 Å². The van der Waals surface area contributed by atoms with Crippen LogP contribution in [0.1, 0.15) is 206 Å². The van der Waals surface area contributed by atoms with Crippen LogP contribution in [0.2, 0.25) is 0 Å². The normalized spacial score (nSPS) is 21.6. The van der Waals surface area contributed by atoms with Gasteiger partial charge >= 0.3 is 0 Å². The van der Waals surface area contributed by atoms with Crippen molar-refractivity contribution >= 4 is 84.9 Å². The molecule has 396 valence electrons. The van der Waals surface area contributed by atoms with E-state index < -0.39 is 0 Å². The van der Waals surface area contributed by atoms with Crippen molar-refractivity contribution < 1.29 is 0 Å². The van der Waals surface area contributed by atoms with E-state index in [-0.39, 0.29) is 50.0 Å². The lowest BCUT2D eigenvalue weighted by Gasteiger charge is -2.48. The van der Waals surface area contributed by atoms with Crippen LogP contribution >= 0.6 is 11.3 Å². The summed E-state index contributed by atoms with van der Waals surface area (Å²) in [6.45, 7) is 40.2. The number of para-hydroxylation sites is 2. The maximum Gasteiger partial charge on any atom is 0.264 e. The van der Waals surface area contributed by atoms with Crippen LogP contribution in [0.3, 0.4) is 0 Å². The molecule has 6 aliphatic rings. The van der Waals surface area contributed by atoms with Crippen LogP contribution in [0, 0.1) is 0 Å². The number of rotatable bonds is 5. The Morgan fingerprint density at radius 1 is 0.377 bits per heavy atom. The Balaban J connectivity index is 1.22. The van der Waals surface area contributed by atoms with E-state index in [0.717, 1.165) is 17.8 Å². The molecule has 0 spiro atoms. The van der Waals surface area contributed by atoms with Crippen LogP contribution in [0.25, 0.3) is 0 Å². The third-order valence-corrected chi connectivity index (χ3v) is 22.6. The fraction of sp³-hybridized carbons (Fsp3) is 0.444. The smallest absolute Gasteiger partial charge is 0.264 e. The number of anilines is 9. The predicted octanol–water partition coefficient (Wildman–Crippen LogP) is 18.7. The van der Waals surface area contributed by atoms with Gasteiger partial charge in [0.1, 0.15) is 0 Å². The molecule has 3 heterocycles. The summed E-state index contributed by atoms with van der Waals surface area (Å²) in [5, 5.41) is 0.